The average Bonchev–Trinajstić information content (AvgIpc) is 2.71. The van der Waals surface area contributed by atoms with Crippen molar-refractivity contribution >= 4 is 15.7 Å². The van der Waals surface area contributed by atoms with Crippen LogP contribution >= 0.6 is 0 Å². The fourth-order valence-corrected chi connectivity index (χ4v) is 4.15. The third kappa shape index (κ3) is 2.18. The molecule has 104 valence electrons. The van der Waals surface area contributed by atoms with E-state index in [1.165, 1.54) is 22.5 Å². The highest BCUT2D eigenvalue weighted by Crippen LogP contribution is 2.31. The topological polar surface area (TPSA) is 92.9 Å². The predicted molar refractivity (Wildman–Crippen MR) is 69.2 cm³/mol. The van der Waals surface area contributed by atoms with Crippen molar-refractivity contribution < 1.29 is 18.3 Å². The van der Waals surface area contributed by atoms with Crippen LogP contribution in [0, 0.1) is 0 Å². The summed E-state index contributed by atoms with van der Waals surface area (Å²) in [5.74, 6) is -0.110. The predicted octanol–water partition coefficient (Wildman–Crippen LogP) is 0.526. The lowest BCUT2D eigenvalue weighted by Crippen LogP contribution is -2.45. The van der Waals surface area contributed by atoms with Gasteiger partial charge in [0.05, 0.1) is 22.8 Å². The highest BCUT2D eigenvalue weighted by Gasteiger charge is 2.39. The molecule has 3 rings (SSSR count). The van der Waals surface area contributed by atoms with Crippen molar-refractivity contribution in [2.75, 3.05) is 18.8 Å². The smallest absolute Gasteiger partial charge is 0.243 e. The minimum Gasteiger partial charge on any atom is -0.506 e. The molecule has 0 amide bonds. The Bertz CT molecular complexity index is 590. The molecule has 1 aromatic carbocycles. The Morgan fingerprint density at radius 1 is 1.26 bits per heavy atom. The van der Waals surface area contributed by atoms with E-state index in [2.05, 4.69) is 0 Å². The Hall–Kier alpha value is -1.31. The van der Waals surface area contributed by atoms with E-state index >= 15 is 0 Å². The lowest BCUT2D eigenvalue weighted by atomic mass is 10.2. The summed E-state index contributed by atoms with van der Waals surface area (Å²) in [6, 6.07) is 3.97. The van der Waals surface area contributed by atoms with Crippen LogP contribution in [0.3, 0.4) is 0 Å². The van der Waals surface area contributed by atoms with Crippen molar-refractivity contribution in [3.05, 3.63) is 18.2 Å². The van der Waals surface area contributed by atoms with Crippen molar-refractivity contribution in [3.8, 4) is 5.75 Å². The monoisotopic (exact) mass is 284 g/mol. The molecule has 2 atom stereocenters. The van der Waals surface area contributed by atoms with Gasteiger partial charge in [-0.05, 0) is 31.0 Å². The zero-order valence-electron chi connectivity index (χ0n) is 10.3. The second-order valence-electron chi connectivity index (χ2n) is 5.00. The third-order valence-electron chi connectivity index (χ3n) is 3.65. The minimum absolute atomic E-state index is 0.00277. The number of nitrogen functional groups attached to an aromatic ring is 1. The summed E-state index contributed by atoms with van der Waals surface area (Å²) >= 11 is 0. The number of nitrogens with zero attached hydrogens (tertiary/aromatic N) is 1. The fourth-order valence-electron chi connectivity index (χ4n) is 2.62. The number of aromatic hydroxyl groups is 1. The molecule has 2 heterocycles. The zero-order chi connectivity index (χ0) is 13.6. The number of fused-ring (bicyclic) bond motifs is 2. The molecule has 2 aliphatic rings. The van der Waals surface area contributed by atoms with Crippen LogP contribution in [0.1, 0.15) is 12.8 Å². The van der Waals surface area contributed by atoms with Gasteiger partial charge in [0.2, 0.25) is 10.0 Å². The van der Waals surface area contributed by atoms with Crippen molar-refractivity contribution in [2.24, 2.45) is 0 Å². The molecule has 2 aliphatic heterocycles. The van der Waals surface area contributed by atoms with Crippen molar-refractivity contribution in [1.82, 2.24) is 4.31 Å². The SMILES string of the molecule is Nc1cc(S(=O)(=O)N2CC3CCC(C2)O3)ccc1O. The van der Waals surface area contributed by atoms with Crippen molar-refractivity contribution in [2.45, 2.75) is 29.9 Å². The first-order chi connectivity index (χ1) is 8.96. The maximum Gasteiger partial charge on any atom is 0.243 e. The van der Waals surface area contributed by atoms with Gasteiger partial charge in [0.1, 0.15) is 5.75 Å². The van der Waals surface area contributed by atoms with Gasteiger partial charge in [-0.1, -0.05) is 0 Å². The summed E-state index contributed by atoms with van der Waals surface area (Å²) in [5.41, 5.74) is 5.62. The van der Waals surface area contributed by atoms with Crippen LogP contribution in [0.5, 0.6) is 5.75 Å². The van der Waals surface area contributed by atoms with Crippen LogP contribution in [0.2, 0.25) is 0 Å². The number of phenols is 1. The third-order valence-corrected chi connectivity index (χ3v) is 5.47. The van der Waals surface area contributed by atoms with E-state index in [4.69, 9.17) is 10.5 Å². The van der Waals surface area contributed by atoms with Gasteiger partial charge in [-0.3, -0.25) is 0 Å². The average molecular weight is 284 g/mol. The van der Waals surface area contributed by atoms with Crippen LogP contribution in [-0.2, 0) is 14.8 Å². The van der Waals surface area contributed by atoms with Crippen LogP contribution < -0.4 is 5.73 Å². The number of ether oxygens (including phenoxy) is 1. The van der Waals surface area contributed by atoms with Gasteiger partial charge >= 0.3 is 0 Å². The van der Waals surface area contributed by atoms with Crippen LogP contribution in [0.15, 0.2) is 23.1 Å². The Kier molecular flexibility index (Phi) is 2.92. The van der Waals surface area contributed by atoms with Gasteiger partial charge in [0, 0.05) is 13.1 Å². The number of anilines is 1. The molecule has 2 unspecified atom stereocenters. The highest BCUT2D eigenvalue weighted by molar-refractivity contribution is 7.89. The van der Waals surface area contributed by atoms with Gasteiger partial charge < -0.3 is 15.6 Å². The molecule has 0 radical (unpaired) electrons. The molecule has 19 heavy (non-hydrogen) atoms. The van der Waals surface area contributed by atoms with E-state index in [-0.39, 0.29) is 28.5 Å². The van der Waals surface area contributed by atoms with Crippen molar-refractivity contribution in [1.29, 1.82) is 0 Å². The number of phenolic OH excluding ortho intramolecular Hbond substituents is 1. The number of sulfonamides is 1. The lowest BCUT2D eigenvalue weighted by molar-refractivity contribution is -0.0114. The summed E-state index contributed by atoms with van der Waals surface area (Å²) < 4.78 is 32.1. The largest absolute Gasteiger partial charge is 0.506 e. The van der Waals surface area contributed by atoms with Crippen LogP contribution in [-0.4, -0.2) is 43.1 Å². The van der Waals surface area contributed by atoms with Gasteiger partial charge in [-0.2, -0.15) is 4.31 Å². The Morgan fingerprint density at radius 2 is 1.89 bits per heavy atom. The molecule has 2 fully saturated rings. The normalized spacial score (nSPS) is 27.6. The lowest BCUT2D eigenvalue weighted by Gasteiger charge is -2.31. The fraction of sp³-hybridized carbons (Fsp3) is 0.500. The first-order valence-electron chi connectivity index (χ1n) is 6.21. The Morgan fingerprint density at radius 3 is 2.47 bits per heavy atom. The highest BCUT2D eigenvalue weighted by atomic mass is 32.2. The van der Waals surface area contributed by atoms with Gasteiger partial charge in [-0.25, -0.2) is 8.42 Å². The number of morpholine rings is 1. The molecule has 0 saturated carbocycles. The number of benzene rings is 1. The molecule has 0 aromatic heterocycles. The van der Waals surface area contributed by atoms with E-state index in [0.717, 1.165) is 12.8 Å². The second kappa shape index (κ2) is 4.36. The standard InChI is InChI=1S/C12H16N2O4S/c13-11-5-10(3-4-12(11)15)19(16,17)14-6-8-1-2-9(7-14)18-8/h3-5,8-9,15H,1-2,6-7,13H2. The quantitative estimate of drug-likeness (QED) is 0.610. The molecule has 0 aliphatic carbocycles. The second-order valence-corrected chi connectivity index (χ2v) is 6.94. The van der Waals surface area contributed by atoms with Gasteiger partial charge in [0.25, 0.3) is 0 Å². The molecule has 0 spiro atoms. The molecule has 2 bridgehead atoms. The summed E-state index contributed by atoms with van der Waals surface area (Å²) in [6.45, 7) is 0.777. The summed E-state index contributed by atoms with van der Waals surface area (Å²) in [7, 11) is -3.56. The number of hydrogen-bond donors (Lipinski definition) is 2. The van der Waals surface area contributed by atoms with Crippen LogP contribution in [0.4, 0.5) is 5.69 Å². The molecule has 6 nitrogen and oxygen atoms in total. The Labute approximate surface area is 111 Å². The van der Waals surface area contributed by atoms with Crippen molar-refractivity contribution in [3.63, 3.8) is 0 Å². The number of rotatable bonds is 2. The molecule has 7 heteroatoms. The minimum atomic E-state index is -3.56. The summed E-state index contributed by atoms with van der Waals surface area (Å²) in [6.07, 6.45) is 1.83. The number of nitrogens with two attached hydrogens (primary N) is 1. The zero-order valence-corrected chi connectivity index (χ0v) is 11.1. The summed E-state index contributed by atoms with van der Waals surface area (Å²) in [4.78, 5) is 0.115. The van der Waals surface area contributed by atoms with E-state index in [0.29, 0.717) is 13.1 Å². The summed E-state index contributed by atoms with van der Waals surface area (Å²) in [5, 5.41) is 9.36. The van der Waals surface area contributed by atoms with E-state index in [1.54, 1.807) is 0 Å². The first kappa shape index (κ1) is 12.7. The van der Waals surface area contributed by atoms with E-state index in [1.807, 2.05) is 0 Å². The van der Waals surface area contributed by atoms with Gasteiger partial charge in [-0.15, -0.1) is 0 Å². The first-order valence-corrected chi connectivity index (χ1v) is 7.65. The van der Waals surface area contributed by atoms with E-state index < -0.39 is 10.0 Å². The van der Waals surface area contributed by atoms with Crippen LogP contribution in [0.25, 0.3) is 0 Å². The molecule has 3 N–H and O–H groups in total. The molecular weight excluding hydrogens is 268 g/mol. The van der Waals surface area contributed by atoms with Gasteiger partial charge in [0.15, 0.2) is 0 Å². The molecule has 1 aromatic rings. The maximum atomic E-state index is 12.5. The molecular formula is C12H16N2O4S. The Balaban J connectivity index is 1.91. The van der Waals surface area contributed by atoms with E-state index in [9.17, 15) is 13.5 Å². The molecule has 2 saturated heterocycles. The number of hydrogen-bond acceptors (Lipinski definition) is 5. The maximum absolute atomic E-state index is 12.5.